The summed E-state index contributed by atoms with van der Waals surface area (Å²) >= 11 is 1.47. The Labute approximate surface area is 143 Å². The summed E-state index contributed by atoms with van der Waals surface area (Å²) in [5.74, 6) is 0.796. The van der Waals surface area contributed by atoms with Crippen molar-refractivity contribution in [1.29, 1.82) is 0 Å². The fourth-order valence-corrected chi connectivity index (χ4v) is 3.27. The van der Waals surface area contributed by atoms with E-state index in [-0.39, 0.29) is 18.9 Å². The molecule has 6 nitrogen and oxygen atoms in total. The van der Waals surface area contributed by atoms with Crippen LogP contribution in [-0.2, 0) is 16.8 Å². The van der Waals surface area contributed by atoms with E-state index in [2.05, 4.69) is 10.5 Å². The molecule has 0 aliphatic carbocycles. The molecule has 2 N–H and O–H groups in total. The monoisotopic (exact) mass is 346 g/mol. The third-order valence-corrected chi connectivity index (χ3v) is 4.67. The Balaban J connectivity index is 1.74. The molecule has 0 spiro atoms. The molecule has 1 atom stereocenters. The summed E-state index contributed by atoms with van der Waals surface area (Å²) in [5, 5.41) is 21.4. The topological polar surface area (TPSA) is 88.5 Å². The summed E-state index contributed by atoms with van der Waals surface area (Å²) in [6.45, 7) is 3.58. The van der Waals surface area contributed by atoms with E-state index in [1.54, 1.807) is 26.0 Å². The Morgan fingerprint density at radius 3 is 2.83 bits per heavy atom. The van der Waals surface area contributed by atoms with Gasteiger partial charge >= 0.3 is 0 Å². The number of carbonyl (C=O) groups is 1. The Morgan fingerprint density at radius 1 is 1.42 bits per heavy atom. The zero-order valence-corrected chi connectivity index (χ0v) is 14.2. The van der Waals surface area contributed by atoms with Crippen LogP contribution in [0.15, 0.2) is 44.2 Å². The van der Waals surface area contributed by atoms with Crippen molar-refractivity contribution in [2.24, 2.45) is 0 Å². The van der Waals surface area contributed by atoms with Gasteiger partial charge < -0.3 is 19.4 Å². The van der Waals surface area contributed by atoms with E-state index in [0.29, 0.717) is 22.8 Å². The number of rotatable bonds is 6. The average molecular weight is 346 g/mol. The molecule has 0 fully saturated rings. The summed E-state index contributed by atoms with van der Waals surface area (Å²) in [6.07, 6.45) is 1.65. The van der Waals surface area contributed by atoms with Crippen LogP contribution in [0.3, 0.4) is 0 Å². The molecule has 0 saturated carbocycles. The largest absolute Gasteiger partial charge is 0.466 e. The lowest BCUT2D eigenvalue weighted by atomic mass is 9.93. The molecule has 3 rings (SSSR count). The van der Waals surface area contributed by atoms with Gasteiger partial charge in [-0.05, 0) is 42.8 Å². The van der Waals surface area contributed by atoms with Crippen LogP contribution in [0, 0.1) is 13.8 Å². The number of aromatic nitrogens is 1. The van der Waals surface area contributed by atoms with Crippen molar-refractivity contribution < 1.29 is 18.8 Å². The highest BCUT2D eigenvalue weighted by Crippen LogP contribution is 2.31. The molecule has 1 amide bonds. The van der Waals surface area contributed by atoms with Crippen molar-refractivity contribution in [2.75, 3.05) is 6.54 Å². The van der Waals surface area contributed by atoms with E-state index in [0.717, 1.165) is 5.56 Å². The van der Waals surface area contributed by atoms with Crippen LogP contribution >= 0.6 is 11.3 Å². The molecule has 0 bridgehead atoms. The smallest absolute Gasteiger partial charge is 0.224 e. The van der Waals surface area contributed by atoms with E-state index in [4.69, 9.17) is 8.94 Å². The van der Waals surface area contributed by atoms with E-state index >= 15 is 0 Å². The van der Waals surface area contributed by atoms with Crippen LogP contribution < -0.4 is 5.32 Å². The molecule has 3 heterocycles. The fourth-order valence-electron chi connectivity index (χ4n) is 2.55. The minimum absolute atomic E-state index is 0.0133. The Bertz CT molecular complexity index is 752. The lowest BCUT2D eigenvalue weighted by Crippen LogP contribution is -2.41. The summed E-state index contributed by atoms with van der Waals surface area (Å²) in [6, 6.07) is 5.21. The second-order valence-electron chi connectivity index (χ2n) is 5.61. The van der Waals surface area contributed by atoms with Gasteiger partial charge in [-0.15, -0.1) is 0 Å². The molecule has 0 aliphatic rings. The number of aryl methyl sites for hydroxylation is 2. The lowest BCUT2D eigenvalue weighted by Gasteiger charge is -2.25. The number of furan rings is 1. The number of nitrogens with one attached hydrogen (secondary N) is 1. The van der Waals surface area contributed by atoms with Crippen LogP contribution in [0.4, 0.5) is 0 Å². The van der Waals surface area contributed by atoms with Crippen molar-refractivity contribution >= 4 is 17.2 Å². The highest BCUT2D eigenvalue weighted by molar-refractivity contribution is 7.08. The molecule has 0 aliphatic heterocycles. The van der Waals surface area contributed by atoms with Crippen molar-refractivity contribution in [2.45, 2.75) is 25.9 Å². The van der Waals surface area contributed by atoms with Crippen LogP contribution in [0.5, 0.6) is 0 Å². The number of aliphatic hydroxyl groups is 1. The average Bonchev–Trinajstić information content (AvgIpc) is 3.31. The van der Waals surface area contributed by atoms with Gasteiger partial charge in [0.1, 0.15) is 11.5 Å². The first-order valence-corrected chi connectivity index (χ1v) is 8.42. The maximum absolute atomic E-state index is 12.3. The first-order valence-electron chi connectivity index (χ1n) is 7.48. The van der Waals surface area contributed by atoms with Gasteiger partial charge in [0.05, 0.1) is 24.9 Å². The Kier molecular flexibility index (Phi) is 4.55. The Morgan fingerprint density at radius 2 is 2.25 bits per heavy atom. The van der Waals surface area contributed by atoms with Gasteiger partial charge in [0, 0.05) is 11.1 Å². The van der Waals surface area contributed by atoms with Gasteiger partial charge in [0.2, 0.25) is 5.91 Å². The highest BCUT2D eigenvalue weighted by atomic mass is 32.1. The van der Waals surface area contributed by atoms with Gasteiger partial charge in [-0.2, -0.15) is 11.3 Å². The van der Waals surface area contributed by atoms with Crippen molar-refractivity contribution in [3.05, 3.63) is 63.6 Å². The SMILES string of the molecule is Cc1noc(C)c1CC(=O)NC[C@](O)(c1ccsc1)c1ccco1. The van der Waals surface area contributed by atoms with E-state index in [9.17, 15) is 9.90 Å². The fraction of sp³-hybridized carbons (Fsp3) is 0.294. The first kappa shape index (κ1) is 16.5. The molecular weight excluding hydrogens is 328 g/mol. The normalized spacial score (nSPS) is 13.6. The predicted molar refractivity (Wildman–Crippen MR) is 88.7 cm³/mol. The molecule has 3 aromatic rings. The van der Waals surface area contributed by atoms with Gasteiger partial charge in [0.25, 0.3) is 0 Å². The molecule has 0 aromatic carbocycles. The summed E-state index contributed by atoms with van der Waals surface area (Å²) in [5.41, 5.74) is 0.740. The molecular formula is C17H18N2O4S. The summed E-state index contributed by atoms with van der Waals surface area (Å²) in [4.78, 5) is 12.3. The number of amides is 1. The maximum Gasteiger partial charge on any atom is 0.224 e. The minimum atomic E-state index is -1.40. The third kappa shape index (κ3) is 3.13. The van der Waals surface area contributed by atoms with Gasteiger partial charge in [-0.3, -0.25) is 4.79 Å². The van der Waals surface area contributed by atoms with Gasteiger partial charge in [0.15, 0.2) is 5.60 Å². The quantitative estimate of drug-likeness (QED) is 0.716. The van der Waals surface area contributed by atoms with Crippen molar-refractivity contribution in [3.8, 4) is 0 Å². The molecule has 7 heteroatoms. The molecule has 0 radical (unpaired) electrons. The molecule has 24 heavy (non-hydrogen) atoms. The molecule has 0 saturated heterocycles. The van der Waals surface area contributed by atoms with Crippen LogP contribution in [0.2, 0.25) is 0 Å². The molecule has 0 unspecified atom stereocenters. The highest BCUT2D eigenvalue weighted by Gasteiger charge is 2.35. The van der Waals surface area contributed by atoms with Gasteiger partial charge in [-0.25, -0.2) is 0 Å². The standard InChI is InChI=1S/C17H18N2O4S/c1-11-14(12(2)23-19-11)8-16(20)18-10-17(21,13-5-7-24-9-13)15-4-3-6-22-15/h3-7,9,21H,8,10H2,1-2H3,(H,18,20)/t17-/m0/s1. The number of hydrogen-bond donors (Lipinski definition) is 2. The summed E-state index contributed by atoms with van der Waals surface area (Å²) < 4.78 is 10.4. The number of thiophene rings is 1. The summed E-state index contributed by atoms with van der Waals surface area (Å²) in [7, 11) is 0. The van der Waals surface area contributed by atoms with E-state index < -0.39 is 5.60 Å². The number of nitrogens with zero attached hydrogens (tertiary/aromatic N) is 1. The second kappa shape index (κ2) is 6.62. The maximum atomic E-state index is 12.3. The predicted octanol–water partition coefficient (Wildman–Crippen LogP) is 2.54. The minimum Gasteiger partial charge on any atom is -0.466 e. The van der Waals surface area contributed by atoms with Crippen molar-refractivity contribution in [3.63, 3.8) is 0 Å². The Hall–Kier alpha value is -2.38. The zero-order chi connectivity index (χ0) is 17.2. The van der Waals surface area contributed by atoms with Crippen LogP contribution in [0.25, 0.3) is 0 Å². The third-order valence-electron chi connectivity index (χ3n) is 3.99. The zero-order valence-electron chi connectivity index (χ0n) is 13.4. The second-order valence-corrected chi connectivity index (χ2v) is 6.39. The van der Waals surface area contributed by atoms with Crippen LogP contribution in [-0.4, -0.2) is 22.7 Å². The van der Waals surface area contributed by atoms with Crippen molar-refractivity contribution in [1.82, 2.24) is 10.5 Å². The molecule has 126 valence electrons. The van der Waals surface area contributed by atoms with Crippen LogP contribution in [0.1, 0.15) is 28.3 Å². The number of carbonyl (C=O) groups excluding carboxylic acids is 1. The van der Waals surface area contributed by atoms with E-state index in [1.165, 1.54) is 17.6 Å². The number of hydrogen-bond acceptors (Lipinski definition) is 6. The molecule has 3 aromatic heterocycles. The first-order chi connectivity index (χ1) is 11.5. The lowest BCUT2D eigenvalue weighted by molar-refractivity contribution is -0.121. The van der Waals surface area contributed by atoms with E-state index in [1.807, 2.05) is 16.8 Å². The van der Waals surface area contributed by atoms with Gasteiger partial charge in [-0.1, -0.05) is 5.16 Å².